The first kappa shape index (κ1) is 15.0. The Hall–Kier alpha value is -1.39. The van der Waals surface area contributed by atoms with E-state index in [-0.39, 0.29) is 0 Å². The Morgan fingerprint density at radius 3 is 2.80 bits per heavy atom. The average Bonchev–Trinajstić information content (AvgIpc) is 2.45. The molecule has 110 valence electrons. The lowest BCUT2D eigenvalue weighted by molar-refractivity contribution is 0.0696. The molecule has 1 saturated heterocycles. The van der Waals surface area contributed by atoms with E-state index < -0.39 is 5.97 Å². The predicted octanol–water partition coefficient (Wildman–Crippen LogP) is 1.76. The SMILES string of the molecule is CC(C)[C@@H](Cc1cccc(C(=O)O)c1)C1CNCCN1. The van der Waals surface area contributed by atoms with E-state index in [1.54, 1.807) is 12.1 Å². The molecule has 0 aromatic heterocycles. The van der Waals surface area contributed by atoms with Gasteiger partial charge in [-0.25, -0.2) is 4.79 Å². The third kappa shape index (κ3) is 3.81. The zero-order valence-corrected chi connectivity index (χ0v) is 12.2. The van der Waals surface area contributed by atoms with Crippen LogP contribution in [0.3, 0.4) is 0 Å². The summed E-state index contributed by atoms with van der Waals surface area (Å²) in [4.78, 5) is 11.1. The van der Waals surface area contributed by atoms with Crippen LogP contribution in [0.1, 0.15) is 29.8 Å². The maximum Gasteiger partial charge on any atom is 0.335 e. The molecule has 1 unspecified atom stereocenters. The van der Waals surface area contributed by atoms with Gasteiger partial charge in [-0.2, -0.15) is 0 Å². The largest absolute Gasteiger partial charge is 0.478 e. The highest BCUT2D eigenvalue weighted by Crippen LogP contribution is 2.22. The first-order valence-electron chi connectivity index (χ1n) is 7.34. The summed E-state index contributed by atoms with van der Waals surface area (Å²) in [6.45, 7) is 7.49. The van der Waals surface area contributed by atoms with Crippen LogP contribution in [0.4, 0.5) is 0 Å². The van der Waals surface area contributed by atoms with E-state index in [0.717, 1.165) is 31.6 Å². The van der Waals surface area contributed by atoms with Crippen molar-refractivity contribution in [2.24, 2.45) is 11.8 Å². The Morgan fingerprint density at radius 1 is 1.40 bits per heavy atom. The van der Waals surface area contributed by atoms with Crippen LogP contribution < -0.4 is 10.6 Å². The zero-order chi connectivity index (χ0) is 14.5. The second-order valence-corrected chi connectivity index (χ2v) is 5.88. The summed E-state index contributed by atoms with van der Waals surface area (Å²) in [6, 6.07) is 7.77. The maximum atomic E-state index is 11.1. The lowest BCUT2D eigenvalue weighted by Crippen LogP contribution is -2.53. The van der Waals surface area contributed by atoms with Crippen LogP contribution in [0.15, 0.2) is 24.3 Å². The van der Waals surface area contributed by atoms with Crippen molar-refractivity contribution in [3.63, 3.8) is 0 Å². The van der Waals surface area contributed by atoms with Crippen molar-refractivity contribution < 1.29 is 9.90 Å². The van der Waals surface area contributed by atoms with Crippen molar-refractivity contribution in [2.75, 3.05) is 19.6 Å². The fraction of sp³-hybridized carbons (Fsp3) is 0.562. The third-order valence-electron chi connectivity index (χ3n) is 4.09. The smallest absolute Gasteiger partial charge is 0.335 e. The Labute approximate surface area is 120 Å². The van der Waals surface area contributed by atoms with Crippen molar-refractivity contribution in [3.05, 3.63) is 35.4 Å². The van der Waals surface area contributed by atoms with Crippen LogP contribution in [0.25, 0.3) is 0 Å². The quantitative estimate of drug-likeness (QED) is 0.767. The molecule has 1 fully saturated rings. The minimum absolute atomic E-state index is 0.375. The number of hydrogen-bond donors (Lipinski definition) is 3. The summed E-state index contributed by atoms with van der Waals surface area (Å²) >= 11 is 0. The van der Waals surface area contributed by atoms with Gasteiger partial charge in [0.2, 0.25) is 0 Å². The van der Waals surface area contributed by atoms with Crippen molar-refractivity contribution in [2.45, 2.75) is 26.3 Å². The summed E-state index contributed by atoms with van der Waals surface area (Å²) in [5.41, 5.74) is 1.48. The molecule has 2 atom stereocenters. The number of piperazine rings is 1. The Balaban J connectivity index is 2.11. The van der Waals surface area contributed by atoms with Crippen molar-refractivity contribution in [1.29, 1.82) is 0 Å². The number of nitrogens with one attached hydrogen (secondary N) is 2. The lowest BCUT2D eigenvalue weighted by Gasteiger charge is -2.34. The highest BCUT2D eigenvalue weighted by Gasteiger charge is 2.26. The molecule has 0 spiro atoms. The van der Waals surface area contributed by atoms with Gasteiger partial charge in [-0.1, -0.05) is 26.0 Å². The van der Waals surface area contributed by atoms with Crippen LogP contribution in [-0.2, 0) is 6.42 Å². The Kier molecular flexibility index (Phi) is 5.15. The molecule has 3 N–H and O–H groups in total. The van der Waals surface area contributed by atoms with E-state index in [1.807, 2.05) is 12.1 Å². The molecule has 0 radical (unpaired) electrons. The second kappa shape index (κ2) is 6.86. The summed E-state index contributed by atoms with van der Waals surface area (Å²) in [6.07, 6.45) is 0.915. The number of hydrogen-bond acceptors (Lipinski definition) is 3. The first-order chi connectivity index (χ1) is 9.58. The van der Waals surface area contributed by atoms with Crippen LogP contribution in [0.2, 0.25) is 0 Å². The summed E-state index contributed by atoms with van der Waals surface area (Å²) in [5.74, 6) is 0.207. The molecule has 20 heavy (non-hydrogen) atoms. The molecule has 1 heterocycles. The number of benzene rings is 1. The Morgan fingerprint density at radius 2 is 2.20 bits per heavy atom. The van der Waals surface area contributed by atoms with E-state index in [0.29, 0.717) is 23.4 Å². The molecular formula is C16H24N2O2. The van der Waals surface area contributed by atoms with Gasteiger partial charge in [-0.15, -0.1) is 0 Å². The topological polar surface area (TPSA) is 61.4 Å². The van der Waals surface area contributed by atoms with Crippen LogP contribution in [-0.4, -0.2) is 36.8 Å². The average molecular weight is 276 g/mol. The van der Waals surface area contributed by atoms with Crippen molar-refractivity contribution in [3.8, 4) is 0 Å². The van der Waals surface area contributed by atoms with Gasteiger partial charge in [0.15, 0.2) is 0 Å². The van der Waals surface area contributed by atoms with Gasteiger partial charge in [-0.05, 0) is 36.0 Å². The summed E-state index contributed by atoms with van der Waals surface area (Å²) in [7, 11) is 0. The predicted molar refractivity (Wildman–Crippen MR) is 80.1 cm³/mol. The molecule has 1 aliphatic heterocycles. The molecule has 0 saturated carbocycles. The van der Waals surface area contributed by atoms with E-state index in [2.05, 4.69) is 24.5 Å². The molecule has 4 heteroatoms. The highest BCUT2D eigenvalue weighted by molar-refractivity contribution is 5.87. The number of rotatable bonds is 5. The van der Waals surface area contributed by atoms with Crippen molar-refractivity contribution >= 4 is 5.97 Å². The van der Waals surface area contributed by atoms with E-state index in [4.69, 9.17) is 5.11 Å². The van der Waals surface area contributed by atoms with Crippen LogP contribution in [0.5, 0.6) is 0 Å². The minimum atomic E-state index is -0.856. The van der Waals surface area contributed by atoms with Gasteiger partial charge in [0.25, 0.3) is 0 Å². The van der Waals surface area contributed by atoms with E-state index in [1.165, 1.54) is 0 Å². The van der Waals surface area contributed by atoms with Gasteiger partial charge < -0.3 is 15.7 Å². The zero-order valence-electron chi connectivity index (χ0n) is 12.2. The monoisotopic (exact) mass is 276 g/mol. The van der Waals surface area contributed by atoms with Crippen LogP contribution >= 0.6 is 0 Å². The van der Waals surface area contributed by atoms with Gasteiger partial charge >= 0.3 is 5.97 Å². The fourth-order valence-electron chi connectivity index (χ4n) is 2.92. The molecule has 1 aromatic rings. The minimum Gasteiger partial charge on any atom is -0.478 e. The molecule has 4 nitrogen and oxygen atoms in total. The molecular weight excluding hydrogens is 252 g/mol. The van der Waals surface area contributed by atoms with Gasteiger partial charge in [0.1, 0.15) is 0 Å². The van der Waals surface area contributed by atoms with Crippen molar-refractivity contribution in [1.82, 2.24) is 10.6 Å². The Bertz CT molecular complexity index is 454. The molecule has 0 aliphatic carbocycles. The number of carbonyl (C=O) groups is 1. The lowest BCUT2D eigenvalue weighted by atomic mass is 9.82. The van der Waals surface area contributed by atoms with Gasteiger partial charge in [0, 0.05) is 25.7 Å². The first-order valence-corrected chi connectivity index (χ1v) is 7.34. The standard InChI is InChI=1S/C16H24N2O2/c1-11(2)14(15-10-17-6-7-18-15)9-12-4-3-5-13(8-12)16(19)20/h3-5,8,11,14-15,17-18H,6-7,9-10H2,1-2H3,(H,19,20)/t14-,15?/m1/s1. The summed E-state index contributed by atoms with van der Waals surface area (Å²) < 4.78 is 0. The molecule has 1 aromatic carbocycles. The molecule has 0 amide bonds. The fourth-order valence-corrected chi connectivity index (χ4v) is 2.92. The molecule has 0 bridgehead atoms. The van der Waals surface area contributed by atoms with E-state index >= 15 is 0 Å². The maximum absolute atomic E-state index is 11.1. The van der Waals surface area contributed by atoms with Gasteiger partial charge in [0.05, 0.1) is 5.56 Å². The third-order valence-corrected chi connectivity index (χ3v) is 4.09. The second-order valence-electron chi connectivity index (χ2n) is 5.88. The number of carboxylic acids is 1. The number of carboxylic acid groups (broad SMARTS) is 1. The number of aromatic carboxylic acids is 1. The van der Waals surface area contributed by atoms with E-state index in [9.17, 15) is 4.79 Å². The molecule has 2 rings (SSSR count). The van der Waals surface area contributed by atoms with Gasteiger partial charge in [-0.3, -0.25) is 0 Å². The molecule has 1 aliphatic rings. The normalized spacial score (nSPS) is 20.9. The van der Waals surface area contributed by atoms with Crippen LogP contribution in [0, 0.1) is 11.8 Å². The summed E-state index contributed by atoms with van der Waals surface area (Å²) in [5, 5.41) is 16.1. The highest BCUT2D eigenvalue weighted by atomic mass is 16.4.